The van der Waals surface area contributed by atoms with Crippen LogP contribution >= 0.6 is 0 Å². The number of carbonyl (C=O) groups excluding carboxylic acids is 2. The molecular weight excluding hydrogens is 466 g/mol. The molecule has 2 aromatic heterocycles. The van der Waals surface area contributed by atoms with Crippen LogP contribution in [0.4, 0.5) is 17.2 Å². The molecule has 2 atom stereocenters. The van der Waals surface area contributed by atoms with Crippen LogP contribution in [0.3, 0.4) is 0 Å². The van der Waals surface area contributed by atoms with Crippen LogP contribution in [0.1, 0.15) is 29.4 Å². The summed E-state index contributed by atoms with van der Waals surface area (Å²) in [7, 11) is 3.22. The van der Waals surface area contributed by atoms with Gasteiger partial charge in [0.1, 0.15) is 17.9 Å². The van der Waals surface area contributed by atoms with Crippen molar-refractivity contribution in [3.63, 3.8) is 0 Å². The first-order valence-corrected chi connectivity index (χ1v) is 11.6. The number of benzene rings is 1. The third kappa shape index (κ3) is 4.72. The number of nitrogens with zero attached hydrogens (tertiary/aromatic N) is 4. The number of carbonyl (C=O) groups is 2. The fourth-order valence-corrected chi connectivity index (χ4v) is 4.19. The zero-order chi connectivity index (χ0) is 25.2. The number of hydrogen-bond donors (Lipinski definition) is 3. The lowest BCUT2D eigenvalue weighted by Gasteiger charge is -2.17. The number of aromatic nitrogens is 4. The minimum absolute atomic E-state index is 0.00770. The molecule has 12 nitrogen and oxygen atoms in total. The van der Waals surface area contributed by atoms with E-state index in [4.69, 9.17) is 19.9 Å². The van der Waals surface area contributed by atoms with Gasteiger partial charge in [-0.25, -0.2) is 0 Å². The summed E-state index contributed by atoms with van der Waals surface area (Å²) < 4.78 is 18.6. The molecule has 36 heavy (non-hydrogen) atoms. The van der Waals surface area contributed by atoms with Crippen molar-refractivity contribution in [1.82, 2.24) is 20.0 Å². The van der Waals surface area contributed by atoms with Crippen molar-refractivity contribution in [3.8, 4) is 16.9 Å². The number of amides is 2. The molecular formula is C24H27N7O5. The number of rotatable bonds is 9. The largest absolute Gasteiger partial charge is 0.494 e. The second-order valence-corrected chi connectivity index (χ2v) is 8.72. The van der Waals surface area contributed by atoms with Gasteiger partial charge >= 0.3 is 0 Å². The number of primary amides is 1. The third-order valence-electron chi connectivity index (χ3n) is 6.27. The Morgan fingerprint density at radius 2 is 2.00 bits per heavy atom. The lowest BCUT2D eigenvalue weighted by atomic mass is 10.1. The molecule has 5 rings (SSSR count). The molecule has 0 radical (unpaired) electrons. The van der Waals surface area contributed by atoms with E-state index >= 15 is 0 Å². The summed E-state index contributed by atoms with van der Waals surface area (Å²) in [5, 5.41) is 18.3. The Hall–Kier alpha value is -4.03. The Morgan fingerprint density at radius 1 is 1.17 bits per heavy atom. The van der Waals surface area contributed by atoms with Crippen molar-refractivity contribution in [2.75, 3.05) is 38.1 Å². The van der Waals surface area contributed by atoms with E-state index in [1.807, 2.05) is 23.0 Å². The molecule has 0 unspecified atom stereocenters. The first-order valence-electron chi connectivity index (χ1n) is 11.6. The Balaban J connectivity index is 1.45. The molecule has 3 heterocycles. The highest BCUT2D eigenvalue weighted by molar-refractivity contribution is 5.99. The van der Waals surface area contributed by atoms with E-state index in [0.717, 1.165) is 24.0 Å². The lowest BCUT2D eigenvalue weighted by Crippen LogP contribution is -2.24. The summed E-state index contributed by atoms with van der Waals surface area (Å²) in [5.74, 6) is -0.136. The molecule has 2 aliphatic rings. The standard InChI is InChI=1S/C24H27N7O5/c1-34-19-12-36-11-18(19)31-10-14(9-26-31)15-4-3-5-16(22(15)35-2)27-17-8-20(28-24(33)13-6-7-13)29-30-21(17)23(25)32/h3-5,8-10,13,18-19H,6-7,11-12H2,1-2H3,(H2,25,32)(H2,27,28,29,33)/t18-,19-/m0/s1. The molecule has 1 aromatic carbocycles. The molecule has 4 N–H and O–H groups in total. The average molecular weight is 494 g/mol. The van der Waals surface area contributed by atoms with Crippen molar-refractivity contribution >= 4 is 29.0 Å². The van der Waals surface area contributed by atoms with Gasteiger partial charge in [-0.3, -0.25) is 14.3 Å². The normalized spacial score (nSPS) is 19.2. The molecule has 2 fully saturated rings. The summed E-state index contributed by atoms with van der Waals surface area (Å²) in [5.41, 5.74) is 7.93. The number of nitrogens with two attached hydrogens (primary N) is 1. The summed E-state index contributed by atoms with van der Waals surface area (Å²) >= 11 is 0. The number of anilines is 3. The van der Waals surface area contributed by atoms with Crippen LogP contribution in [-0.4, -0.2) is 65.3 Å². The third-order valence-corrected chi connectivity index (χ3v) is 6.27. The molecule has 12 heteroatoms. The predicted octanol–water partition coefficient (Wildman–Crippen LogP) is 2.13. The van der Waals surface area contributed by atoms with Crippen molar-refractivity contribution in [2.24, 2.45) is 11.7 Å². The predicted molar refractivity (Wildman–Crippen MR) is 130 cm³/mol. The van der Waals surface area contributed by atoms with Gasteiger partial charge in [0.05, 0.1) is 37.9 Å². The molecule has 1 aliphatic carbocycles. The van der Waals surface area contributed by atoms with Gasteiger partial charge in [0, 0.05) is 36.4 Å². The van der Waals surface area contributed by atoms with Gasteiger partial charge in [-0.2, -0.15) is 5.10 Å². The van der Waals surface area contributed by atoms with E-state index in [0.29, 0.717) is 30.3 Å². The molecule has 0 spiro atoms. The van der Waals surface area contributed by atoms with E-state index in [2.05, 4.69) is 25.9 Å². The summed E-state index contributed by atoms with van der Waals surface area (Å²) in [4.78, 5) is 24.2. The number of ether oxygens (including phenoxy) is 3. The molecule has 2 amide bonds. The van der Waals surface area contributed by atoms with E-state index in [1.54, 1.807) is 26.5 Å². The second kappa shape index (κ2) is 9.91. The van der Waals surface area contributed by atoms with Crippen molar-refractivity contribution in [1.29, 1.82) is 0 Å². The Kier molecular flexibility index (Phi) is 6.53. The highest BCUT2D eigenvalue weighted by Crippen LogP contribution is 2.39. The monoisotopic (exact) mass is 493 g/mol. The van der Waals surface area contributed by atoms with Gasteiger partial charge in [0.25, 0.3) is 5.91 Å². The minimum atomic E-state index is -0.757. The Bertz CT molecular complexity index is 1290. The zero-order valence-corrected chi connectivity index (χ0v) is 19.9. The lowest BCUT2D eigenvalue weighted by molar-refractivity contribution is -0.117. The van der Waals surface area contributed by atoms with Gasteiger partial charge in [-0.05, 0) is 18.9 Å². The van der Waals surface area contributed by atoms with Crippen molar-refractivity contribution in [3.05, 3.63) is 42.4 Å². The number of hydrogen-bond acceptors (Lipinski definition) is 9. The fraction of sp³-hybridized carbons (Fsp3) is 0.375. The first-order chi connectivity index (χ1) is 17.5. The summed E-state index contributed by atoms with van der Waals surface area (Å²) in [6, 6.07) is 7.06. The average Bonchev–Trinajstić information content (AvgIpc) is 3.42. The van der Waals surface area contributed by atoms with Gasteiger partial charge < -0.3 is 30.6 Å². The van der Waals surface area contributed by atoms with Gasteiger partial charge in [0.2, 0.25) is 5.91 Å². The van der Waals surface area contributed by atoms with Crippen molar-refractivity contribution < 1.29 is 23.8 Å². The van der Waals surface area contributed by atoms with E-state index in [9.17, 15) is 9.59 Å². The van der Waals surface area contributed by atoms with Crippen LogP contribution in [-0.2, 0) is 14.3 Å². The van der Waals surface area contributed by atoms with Crippen LogP contribution in [0, 0.1) is 5.92 Å². The fourth-order valence-electron chi connectivity index (χ4n) is 4.19. The topological polar surface area (TPSA) is 156 Å². The molecule has 188 valence electrons. The highest BCUT2D eigenvalue weighted by atomic mass is 16.5. The first kappa shape index (κ1) is 23.7. The van der Waals surface area contributed by atoms with Gasteiger partial charge in [0.15, 0.2) is 11.5 Å². The number of para-hydroxylation sites is 1. The molecule has 1 saturated carbocycles. The van der Waals surface area contributed by atoms with Crippen LogP contribution in [0.2, 0.25) is 0 Å². The quantitative estimate of drug-likeness (QED) is 0.406. The van der Waals surface area contributed by atoms with Gasteiger partial charge in [-0.1, -0.05) is 12.1 Å². The number of nitrogens with one attached hydrogen (secondary N) is 2. The van der Waals surface area contributed by atoms with Gasteiger partial charge in [-0.15, -0.1) is 10.2 Å². The van der Waals surface area contributed by atoms with E-state index in [-0.39, 0.29) is 35.5 Å². The maximum Gasteiger partial charge on any atom is 0.271 e. The molecule has 3 aromatic rings. The highest BCUT2D eigenvalue weighted by Gasteiger charge is 2.31. The Labute approximate surface area is 207 Å². The summed E-state index contributed by atoms with van der Waals surface area (Å²) in [6.45, 7) is 1.03. The Morgan fingerprint density at radius 3 is 2.72 bits per heavy atom. The van der Waals surface area contributed by atoms with Crippen molar-refractivity contribution in [2.45, 2.75) is 25.0 Å². The van der Waals surface area contributed by atoms with E-state index in [1.165, 1.54) is 6.07 Å². The maximum atomic E-state index is 12.2. The zero-order valence-electron chi connectivity index (χ0n) is 19.9. The molecule has 1 aliphatic heterocycles. The minimum Gasteiger partial charge on any atom is -0.494 e. The van der Waals surface area contributed by atoms with Crippen LogP contribution in [0.15, 0.2) is 36.7 Å². The smallest absolute Gasteiger partial charge is 0.271 e. The molecule has 0 bridgehead atoms. The SMILES string of the molecule is COc1c(Nc2cc(NC(=O)C3CC3)nnc2C(N)=O)cccc1-c1cnn([C@H]2COC[C@@H]2OC)c1. The molecule has 1 saturated heterocycles. The summed E-state index contributed by atoms with van der Waals surface area (Å²) in [6.07, 6.45) is 5.30. The van der Waals surface area contributed by atoms with Crippen LogP contribution < -0.4 is 21.1 Å². The maximum absolute atomic E-state index is 12.2. The van der Waals surface area contributed by atoms with E-state index < -0.39 is 5.91 Å². The van der Waals surface area contributed by atoms with Crippen LogP contribution in [0.25, 0.3) is 11.1 Å². The second-order valence-electron chi connectivity index (χ2n) is 8.72. The van der Waals surface area contributed by atoms with Crippen LogP contribution in [0.5, 0.6) is 5.75 Å². The number of methoxy groups -OCH3 is 2.